The van der Waals surface area contributed by atoms with Gasteiger partial charge in [0.2, 0.25) is 11.8 Å². The van der Waals surface area contributed by atoms with Gasteiger partial charge in [-0.2, -0.15) is 0 Å². The minimum absolute atomic E-state index is 0.0231. The second-order valence-electron chi connectivity index (χ2n) is 22.2. The Morgan fingerprint density at radius 1 is 0.947 bits per heavy atom. The smallest absolute Gasteiger partial charge is 0.274 e. The molecule has 1 saturated heterocycles. The van der Waals surface area contributed by atoms with Crippen LogP contribution >= 0.6 is 35.2 Å². The summed E-state index contributed by atoms with van der Waals surface area (Å²) in [7, 11) is -17.7. The van der Waals surface area contributed by atoms with Crippen molar-refractivity contribution in [3.63, 3.8) is 0 Å². The third kappa shape index (κ3) is 13.9. The molecule has 4 aliphatic carbocycles. The highest BCUT2D eigenvalue weighted by molar-refractivity contribution is 8.13. The molecule has 2 aromatic rings. The lowest BCUT2D eigenvalue weighted by atomic mass is 9.43. The van der Waals surface area contributed by atoms with E-state index in [9.17, 15) is 68.1 Å². The SMILES string of the molecule is C[C@H](CCC(=O)SCCNC(=O)CCNC(=O)[C@H](O)C(C)(C)COP(=O)([O-])OP(=O)([O-])OC[C@H]1O[C@@H](n2cnc3c(N)ncnc32)[C@H](O)[C@@H]1OP(=O)([O-])[O-])[C@H]1CC[C@H]2[C@@H]3[C@@H](O)C[C@@H]4C[C@H](O)CC[C@]4(C)[C@H]3CC[C@]12C. The Morgan fingerprint density at radius 2 is 1.64 bits per heavy atom. The number of nitrogen functional groups attached to an aromatic ring is 1. The standard InChI is InChI=1S/C45H74N7O19P3S/c1-24(27-7-8-28-34-29(11-14-45(27,28)5)44(4)13-10-26(53)18-25(44)19-30(34)54)6-9-33(56)75-17-16-47-32(55)12-15-48-41(59)38(58)43(2,3)21-68-74(65,66)71-73(63,64)67-20-31-37(70-72(60,61)62)36(57)42(69-31)52-23-51-35-39(46)49-22-50-40(35)52/h22-31,34,36-38,42,53-54,57-58H,6-21H2,1-5H3,(H,47,55)(H,48,59)(H,63,64)(H,65,66)(H2,46,49,50)(H2,60,61,62)/p-4/t24-,25+,26-,27-,28+,29+,30+,31-,34+,36-,37-,38+,42-,44+,45-/m1/s1. The summed E-state index contributed by atoms with van der Waals surface area (Å²) in [5.74, 6) is 1.14. The number of phosphoric acid groups is 3. The molecule has 0 bridgehead atoms. The molecule has 17 atom stereocenters. The van der Waals surface area contributed by atoms with Gasteiger partial charge in [0.15, 0.2) is 22.8 Å². The number of carbonyl (C=O) groups is 3. The van der Waals surface area contributed by atoms with Crippen LogP contribution < -0.4 is 35.9 Å². The van der Waals surface area contributed by atoms with Crippen LogP contribution in [-0.2, 0) is 50.7 Å². The van der Waals surface area contributed by atoms with Crippen molar-refractivity contribution >= 4 is 69.1 Å². The molecular formula is C45H70N7O19P3S-4. The number of nitrogens with two attached hydrogens (primary N) is 1. The summed E-state index contributed by atoms with van der Waals surface area (Å²) in [6.45, 7) is 7.16. The molecule has 8 N–H and O–H groups in total. The van der Waals surface area contributed by atoms with Gasteiger partial charge in [0.05, 0.1) is 39.6 Å². The first-order valence-corrected chi connectivity index (χ1v) is 30.7. The number of nitrogens with one attached hydrogen (secondary N) is 2. The first-order valence-electron chi connectivity index (χ1n) is 25.3. The highest BCUT2D eigenvalue weighted by Gasteiger charge is 2.63. The van der Waals surface area contributed by atoms with Crippen molar-refractivity contribution in [2.45, 2.75) is 148 Å². The number of thioether (sulfide) groups is 1. The summed E-state index contributed by atoms with van der Waals surface area (Å²) in [5.41, 5.74) is 4.34. The maximum absolute atomic E-state index is 13.0. The zero-order chi connectivity index (χ0) is 55.1. The number of hydrogen-bond acceptors (Lipinski definition) is 24. The predicted molar refractivity (Wildman–Crippen MR) is 259 cm³/mol. The molecule has 0 aromatic carbocycles. The molecule has 5 aliphatic rings. The van der Waals surface area contributed by atoms with Crippen LogP contribution in [-0.4, -0.2) is 126 Å². The van der Waals surface area contributed by atoms with E-state index in [0.717, 1.165) is 86.8 Å². The lowest BCUT2D eigenvalue weighted by Gasteiger charge is -2.62. The van der Waals surface area contributed by atoms with E-state index in [4.69, 9.17) is 10.5 Å². The minimum Gasteiger partial charge on any atom is -0.790 e. The van der Waals surface area contributed by atoms with Crippen molar-refractivity contribution in [1.82, 2.24) is 30.2 Å². The normalized spacial score (nSPS) is 34.3. The Hall–Kier alpha value is -2.52. The molecule has 0 spiro atoms. The van der Waals surface area contributed by atoms with Gasteiger partial charge in [0.25, 0.3) is 15.6 Å². The summed E-state index contributed by atoms with van der Waals surface area (Å²) in [5, 5.41) is 48.6. The molecule has 5 fully saturated rings. The van der Waals surface area contributed by atoms with Crippen molar-refractivity contribution in [2.24, 2.45) is 51.8 Å². The number of carbonyl (C=O) groups excluding carboxylic acids is 3. The first kappa shape index (κ1) is 60.1. The molecule has 2 amide bonds. The first-order chi connectivity index (χ1) is 34.9. The number of fused-ring (bicyclic) bond motifs is 6. The number of phosphoric ester groups is 3. The zero-order valence-electron chi connectivity index (χ0n) is 42.5. The van der Waals surface area contributed by atoms with Crippen molar-refractivity contribution in [2.75, 3.05) is 37.8 Å². The van der Waals surface area contributed by atoms with E-state index in [1.165, 1.54) is 13.8 Å². The van der Waals surface area contributed by atoms with Gasteiger partial charge in [0.1, 0.15) is 36.3 Å². The molecule has 75 heavy (non-hydrogen) atoms. The average Bonchev–Trinajstić information content (AvgIpc) is 4.01. The number of hydrogen-bond donors (Lipinski definition) is 7. The highest BCUT2D eigenvalue weighted by atomic mass is 32.2. The highest BCUT2D eigenvalue weighted by Crippen LogP contribution is 2.68. The number of anilines is 1. The van der Waals surface area contributed by atoms with Crippen LogP contribution in [0.2, 0.25) is 0 Å². The van der Waals surface area contributed by atoms with Crippen LogP contribution in [0.3, 0.4) is 0 Å². The largest absolute Gasteiger partial charge is 0.790 e. The summed E-state index contributed by atoms with van der Waals surface area (Å²) in [4.78, 5) is 98.2. The van der Waals surface area contributed by atoms with Gasteiger partial charge in [-0.05, 0) is 104 Å². The summed E-state index contributed by atoms with van der Waals surface area (Å²) in [6.07, 6.45) is 0.708. The minimum atomic E-state index is -5.94. The van der Waals surface area contributed by atoms with Gasteiger partial charge in [-0.1, -0.05) is 46.4 Å². The fourth-order valence-corrected chi connectivity index (χ4v) is 16.5. The summed E-state index contributed by atoms with van der Waals surface area (Å²) in [6, 6.07) is 0. The average molecular weight is 1140 g/mol. The van der Waals surface area contributed by atoms with Crippen LogP contribution in [0.5, 0.6) is 0 Å². The lowest BCUT2D eigenvalue weighted by Crippen LogP contribution is -2.58. The van der Waals surface area contributed by atoms with Crippen molar-refractivity contribution in [3.8, 4) is 0 Å². The molecule has 2 unspecified atom stereocenters. The molecule has 26 nitrogen and oxygen atoms in total. The zero-order valence-corrected chi connectivity index (χ0v) is 46.0. The van der Waals surface area contributed by atoms with Crippen molar-refractivity contribution in [1.29, 1.82) is 0 Å². The Kier molecular flexibility index (Phi) is 19.0. The monoisotopic (exact) mass is 1140 g/mol. The van der Waals surface area contributed by atoms with E-state index < -0.39 is 84.6 Å². The van der Waals surface area contributed by atoms with E-state index in [2.05, 4.69) is 64.2 Å². The Morgan fingerprint density at radius 3 is 2.36 bits per heavy atom. The Bertz CT molecular complexity index is 2530. The topological polar surface area (TPSA) is 415 Å². The van der Waals surface area contributed by atoms with E-state index in [0.29, 0.717) is 41.8 Å². The summed E-state index contributed by atoms with van der Waals surface area (Å²) >= 11 is 1.14. The van der Waals surface area contributed by atoms with Crippen molar-refractivity contribution < 1.29 is 90.7 Å². The molecule has 3 heterocycles. The van der Waals surface area contributed by atoms with E-state index in [1.807, 2.05) is 0 Å². The van der Waals surface area contributed by atoms with Gasteiger partial charge in [-0.15, -0.1) is 0 Å². The van der Waals surface area contributed by atoms with Crippen LogP contribution in [0, 0.1) is 51.8 Å². The predicted octanol–water partition coefficient (Wildman–Crippen LogP) is 0.544. The number of nitrogens with zero attached hydrogens (tertiary/aromatic N) is 4. The molecular weight excluding hydrogens is 1070 g/mol. The number of aliphatic hydroxyl groups is 4. The molecule has 424 valence electrons. The maximum atomic E-state index is 13.0. The number of aliphatic hydroxyl groups excluding tert-OH is 4. The van der Waals surface area contributed by atoms with Gasteiger partial charge in [-0.25, -0.2) is 19.3 Å². The molecule has 7 rings (SSSR count). The fraction of sp³-hybridized carbons (Fsp3) is 0.822. The number of aromatic nitrogens is 4. The van der Waals surface area contributed by atoms with Crippen LogP contribution in [0.15, 0.2) is 12.7 Å². The van der Waals surface area contributed by atoms with Crippen molar-refractivity contribution in [3.05, 3.63) is 12.7 Å². The molecule has 1 aliphatic heterocycles. The molecule has 2 aromatic heterocycles. The van der Waals surface area contributed by atoms with Gasteiger partial charge < -0.3 is 79.2 Å². The Labute approximate surface area is 438 Å². The quantitative estimate of drug-likeness (QED) is 0.0590. The number of imidazole rings is 1. The molecule has 4 saturated carbocycles. The summed E-state index contributed by atoms with van der Waals surface area (Å²) < 4.78 is 61.1. The maximum Gasteiger partial charge on any atom is 0.274 e. The second-order valence-corrected chi connectivity index (χ2v) is 27.4. The molecule has 30 heteroatoms. The lowest BCUT2D eigenvalue weighted by molar-refractivity contribution is -0.347. The fourth-order valence-electron chi connectivity index (χ4n) is 13.1. The van der Waals surface area contributed by atoms with Gasteiger partial charge >= 0.3 is 0 Å². The van der Waals surface area contributed by atoms with Gasteiger partial charge in [0, 0.05) is 37.1 Å². The number of ether oxygens (including phenoxy) is 1. The third-order valence-corrected chi connectivity index (χ3v) is 20.9. The van der Waals surface area contributed by atoms with E-state index in [1.54, 1.807) is 0 Å². The molecule has 0 radical (unpaired) electrons. The van der Waals surface area contributed by atoms with Gasteiger partial charge in [-0.3, -0.25) is 28.1 Å². The second kappa shape index (κ2) is 23.7. The van der Waals surface area contributed by atoms with E-state index in [-0.39, 0.29) is 70.6 Å². The number of amides is 2. The van der Waals surface area contributed by atoms with Crippen LogP contribution in [0.25, 0.3) is 11.2 Å². The number of rotatable bonds is 23. The third-order valence-electron chi connectivity index (χ3n) is 17.0. The van der Waals surface area contributed by atoms with Crippen LogP contribution in [0.4, 0.5) is 5.82 Å². The van der Waals surface area contributed by atoms with Crippen LogP contribution in [0.1, 0.15) is 111 Å². The Balaban J connectivity index is 0.778. The van der Waals surface area contributed by atoms with E-state index >= 15 is 0 Å².